The average molecular weight is 172 g/mol. The molecule has 2 aromatic heterocycles. The van der Waals surface area contributed by atoms with Gasteiger partial charge in [0, 0.05) is 11.8 Å². The van der Waals surface area contributed by atoms with E-state index in [0.29, 0.717) is 5.69 Å². The van der Waals surface area contributed by atoms with Crippen molar-refractivity contribution >= 4 is 0 Å². The van der Waals surface area contributed by atoms with E-state index < -0.39 is 0 Å². The van der Waals surface area contributed by atoms with Crippen LogP contribution in [0.3, 0.4) is 0 Å². The molecule has 0 aromatic carbocycles. The Morgan fingerprint density at radius 1 is 1.38 bits per heavy atom. The highest BCUT2D eigenvalue weighted by atomic mass is 16.3. The molecule has 0 unspecified atom stereocenters. The van der Waals surface area contributed by atoms with E-state index in [-0.39, 0.29) is 0 Å². The predicted molar refractivity (Wildman–Crippen MR) is 47.5 cm³/mol. The van der Waals surface area contributed by atoms with Crippen molar-refractivity contribution in [2.45, 2.75) is 6.92 Å². The lowest BCUT2D eigenvalue weighted by molar-refractivity contribution is 0.565. The molecule has 2 heterocycles. The Balaban J connectivity index is 2.64. The number of nitriles is 1. The lowest BCUT2D eigenvalue weighted by atomic mass is 10.4. The van der Waals surface area contributed by atoms with Gasteiger partial charge >= 0.3 is 0 Å². The highest BCUT2D eigenvalue weighted by molar-refractivity contribution is 5.39. The van der Waals surface area contributed by atoms with Crippen LogP contribution in [0.2, 0.25) is 0 Å². The zero-order valence-corrected chi connectivity index (χ0v) is 7.19. The molecule has 13 heavy (non-hydrogen) atoms. The minimum Gasteiger partial charge on any atom is -0.470 e. The average Bonchev–Trinajstić information content (AvgIpc) is 2.72. The number of aromatic nitrogens is 1. The Morgan fingerprint density at radius 2 is 2.23 bits per heavy atom. The van der Waals surface area contributed by atoms with Crippen LogP contribution in [0.5, 0.6) is 0 Å². The Hall–Kier alpha value is -1.95. The molecule has 0 aliphatic carbocycles. The second-order valence-corrected chi connectivity index (χ2v) is 2.79. The Labute approximate surface area is 75.8 Å². The molecule has 0 N–H and O–H groups in total. The SMILES string of the molecule is Cc1ccc(C#N)n1-c1ccoc1. The molecule has 0 spiro atoms. The molecule has 0 saturated carbocycles. The molecule has 0 radical (unpaired) electrons. The molecule has 3 nitrogen and oxygen atoms in total. The molecule has 0 atom stereocenters. The van der Waals surface area contributed by atoms with Gasteiger partial charge in [0.1, 0.15) is 18.0 Å². The van der Waals surface area contributed by atoms with Crippen LogP contribution in [0.1, 0.15) is 11.4 Å². The van der Waals surface area contributed by atoms with E-state index in [1.807, 2.05) is 23.6 Å². The third-order valence-electron chi connectivity index (χ3n) is 1.95. The maximum absolute atomic E-state index is 8.83. The third kappa shape index (κ3) is 1.13. The van der Waals surface area contributed by atoms with Crippen molar-refractivity contribution < 1.29 is 4.42 Å². The molecule has 2 aromatic rings. The van der Waals surface area contributed by atoms with Crippen LogP contribution in [0, 0.1) is 18.3 Å². The second kappa shape index (κ2) is 2.83. The van der Waals surface area contributed by atoms with Crippen molar-refractivity contribution in [3.8, 4) is 11.8 Å². The fraction of sp³-hybridized carbons (Fsp3) is 0.100. The van der Waals surface area contributed by atoms with Crippen molar-refractivity contribution in [2.24, 2.45) is 0 Å². The summed E-state index contributed by atoms with van der Waals surface area (Å²) in [5, 5.41) is 8.83. The first-order chi connectivity index (χ1) is 6.33. The fourth-order valence-electron chi connectivity index (χ4n) is 1.35. The van der Waals surface area contributed by atoms with Crippen LogP contribution in [0.4, 0.5) is 0 Å². The molecule has 0 amide bonds. The van der Waals surface area contributed by atoms with Crippen LogP contribution >= 0.6 is 0 Å². The summed E-state index contributed by atoms with van der Waals surface area (Å²) < 4.78 is 6.81. The molecule has 0 aliphatic heterocycles. The van der Waals surface area contributed by atoms with Gasteiger partial charge < -0.3 is 8.98 Å². The van der Waals surface area contributed by atoms with Gasteiger partial charge in [-0.1, -0.05) is 0 Å². The van der Waals surface area contributed by atoms with E-state index >= 15 is 0 Å². The summed E-state index contributed by atoms with van der Waals surface area (Å²) in [6.07, 6.45) is 3.21. The minimum atomic E-state index is 0.624. The summed E-state index contributed by atoms with van der Waals surface area (Å²) in [5.41, 5.74) is 2.54. The third-order valence-corrected chi connectivity index (χ3v) is 1.95. The van der Waals surface area contributed by atoms with E-state index in [9.17, 15) is 0 Å². The smallest absolute Gasteiger partial charge is 0.125 e. The van der Waals surface area contributed by atoms with Gasteiger partial charge in [0.05, 0.1) is 12.0 Å². The highest BCUT2D eigenvalue weighted by Crippen LogP contribution is 2.15. The van der Waals surface area contributed by atoms with Gasteiger partial charge in [-0.25, -0.2) is 0 Å². The van der Waals surface area contributed by atoms with Crippen LogP contribution in [-0.4, -0.2) is 4.57 Å². The summed E-state index contributed by atoms with van der Waals surface area (Å²) >= 11 is 0. The van der Waals surface area contributed by atoms with Gasteiger partial charge in [0.15, 0.2) is 0 Å². The number of aryl methyl sites for hydroxylation is 1. The van der Waals surface area contributed by atoms with Gasteiger partial charge in [-0.05, 0) is 19.1 Å². The fourth-order valence-corrected chi connectivity index (χ4v) is 1.35. The molecule has 2 rings (SSSR count). The molecule has 3 heteroatoms. The molecule has 0 aliphatic rings. The molecular weight excluding hydrogens is 164 g/mol. The Morgan fingerprint density at radius 3 is 2.85 bits per heavy atom. The maximum Gasteiger partial charge on any atom is 0.125 e. The summed E-state index contributed by atoms with van der Waals surface area (Å²) in [5.74, 6) is 0. The van der Waals surface area contributed by atoms with Crippen molar-refractivity contribution in [2.75, 3.05) is 0 Å². The predicted octanol–water partition coefficient (Wildman–Crippen LogP) is 2.25. The summed E-state index contributed by atoms with van der Waals surface area (Å²) in [6, 6.07) is 7.66. The minimum absolute atomic E-state index is 0.624. The maximum atomic E-state index is 8.83. The van der Waals surface area contributed by atoms with E-state index in [0.717, 1.165) is 11.4 Å². The summed E-state index contributed by atoms with van der Waals surface area (Å²) in [7, 11) is 0. The first kappa shape index (κ1) is 7.69. The molecular formula is C10H8N2O. The molecule has 0 saturated heterocycles. The van der Waals surface area contributed by atoms with Crippen LogP contribution in [0.15, 0.2) is 35.1 Å². The molecule has 64 valence electrons. The van der Waals surface area contributed by atoms with E-state index in [4.69, 9.17) is 9.68 Å². The van der Waals surface area contributed by atoms with Crippen molar-refractivity contribution in [1.29, 1.82) is 5.26 Å². The first-order valence-electron chi connectivity index (χ1n) is 3.94. The van der Waals surface area contributed by atoms with E-state index in [1.54, 1.807) is 18.6 Å². The van der Waals surface area contributed by atoms with Crippen LogP contribution in [0.25, 0.3) is 5.69 Å². The van der Waals surface area contributed by atoms with Crippen molar-refractivity contribution in [3.63, 3.8) is 0 Å². The number of furan rings is 1. The second-order valence-electron chi connectivity index (χ2n) is 2.79. The number of rotatable bonds is 1. The van der Waals surface area contributed by atoms with E-state index in [1.165, 1.54) is 0 Å². The van der Waals surface area contributed by atoms with E-state index in [2.05, 4.69) is 6.07 Å². The zero-order valence-electron chi connectivity index (χ0n) is 7.19. The topological polar surface area (TPSA) is 41.9 Å². The van der Waals surface area contributed by atoms with Crippen molar-refractivity contribution in [1.82, 2.24) is 4.57 Å². The molecule has 0 bridgehead atoms. The number of hydrogen-bond acceptors (Lipinski definition) is 2. The number of nitrogens with zero attached hydrogens (tertiary/aromatic N) is 2. The highest BCUT2D eigenvalue weighted by Gasteiger charge is 2.06. The van der Waals surface area contributed by atoms with Crippen LogP contribution < -0.4 is 0 Å². The van der Waals surface area contributed by atoms with Crippen molar-refractivity contribution in [3.05, 3.63) is 42.1 Å². The van der Waals surface area contributed by atoms with Gasteiger partial charge in [0.25, 0.3) is 0 Å². The standard InChI is InChI=1S/C10H8N2O/c1-8-2-3-9(6-11)12(8)10-4-5-13-7-10/h2-5,7H,1H3. The Kier molecular flexibility index (Phi) is 1.67. The lowest BCUT2D eigenvalue weighted by Gasteiger charge is -2.02. The number of hydrogen-bond donors (Lipinski definition) is 0. The Bertz CT molecular complexity index is 446. The van der Waals surface area contributed by atoms with Crippen LogP contribution in [-0.2, 0) is 0 Å². The normalized spacial score (nSPS) is 9.85. The summed E-state index contributed by atoms with van der Waals surface area (Å²) in [4.78, 5) is 0. The van der Waals surface area contributed by atoms with Gasteiger partial charge in [-0.15, -0.1) is 0 Å². The largest absolute Gasteiger partial charge is 0.470 e. The monoisotopic (exact) mass is 172 g/mol. The van der Waals surface area contributed by atoms with Gasteiger partial charge in [-0.3, -0.25) is 0 Å². The molecule has 0 fully saturated rings. The van der Waals surface area contributed by atoms with Gasteiger partial charge in [-0.2, -0.15) is 5.26 Å². The lowest BCUT2D eigenvalue weighted by Crippen LogP contribution is -1.96. The summed E-state index contributed by atoms with van der Waals surface area (Å²) in [6.45, 7) is 1.95. The zero-order chi connectivity index (χ0) is 9.26. The van der Waals surface area contributed by atoms with Gasteiger partial charge in [0.2, 0.25) is 0 Å². The first-order valence-corrected chi connectivity index (χ1v) is 3.94. The quantitative estimate of drug-likeness (QED) is 0.662.